The number of hydrogen-bond donors (Lipinski definition) is 0. The minimum Gasteiger partial charge on any atom is -0.378 e. The Morgan fingerprint density at radius 3 is 2.63 bits per heavy atom. The first-order valence-corrected chi connectivity index (χ1v) is 8.88. The van der Waals surface area contributed by atoms with E-state index in [-0.39, 0.29) is 11.6 Å². The van der Waals surface area contributed by atoms with Crippen molar-refractivity contribution in [2.24, 2.45) is 0 Å². The van der Waals surface area contributed by atoms with Crippen molar-refractivity contribution in [1.82, 2.24) is 4.90 Å². The SMILES string of the molecule is Cc1ccc(C(=O)N(C)Cc2ccccc2N2CCOCC2)cc1[N+](=O)[O-]. The number of anilines is 1. The van der Waals surface area contributed by atoms with Crippen LogP contribution in [0.25, 0.3) is 0 Å². The summed E-state index contributed by atoms with van der Waals surface area (Å²) in [5.74, 6) is -0.241. The topological polar surface area (TPSA) is 75.9 Å². The molecule has 7 nitrogen and oxygen atoms in total. The summed E-state index contributed by atoms with van der Waals surface area (Å²) in [6.07, 6.45) is 0. The highest BCUT2D eigenvalue weighted by atomic mass is 16.6. The van der Waals surface area contributed by atoms with E-state index in [9.17, 15) is 14.9 Å². The number of ether oxygens (including phenoxy) is 1. The second-order valence-corrected chi connectivity index (χ2v) is 6.65. The van der Waals surface area contributed by atoms with Gasteiger partial charge in [0.25, 0.3) is 11.6 Å². The molecule has 142 valence electrons. The van der Waals surface area contributed by atoms with Crippen LogP contribution >= 0.6 is 0 Å². The predicted molar refractivity (Wildman–Crippen MR) is 103 cm³/mol. The summed E-state index contributed by atoms with van der Waals surface area (Å²) in [7, 11) is 1.71. The van der Waals surface area contributed by atoms with Gasteiger partial charge in [-0.15, -0.1) is 0 Å². The zero-order valence-electron chi connectivity index (χ0n) is 15.6. The van der Waals surface area contributed by atoms with Gasteiger partial charge in [0.2, 0.25) is 0 Å². The number of nitro benzene ring substituents is 1. The molecule has 2 aromatic rings. The van der Waals surface area contributed by atoms with Crippen LogP contribution < -0.4 is 4.90 Å². The lowest BCUT2D eigenvalue weighted by Gasteiger charge is -2.31. The summed E-state index contributed by atoms with van der Waals surface area (Å²) in [6.45, 7) is 5.10. The second-order valence-electron chi connectivity index (χ2n) is 6.65. The fourth-order valence-corrected chi connectivity index (χ4v) is 3.24. The van der Waals surface area contributed by atoms with Gasteiger partial charge in [-0.25, -0.2) is 0 Å². The summed E-state index contributed by atoms with van der Waals surface area (Å²) in [4.78, 5) is 27.3. The van der Waals surface area contributed by atoms with Gasteiger partial charge in [-0.3, -0.25) is 14.9 Å². The third-order valence-corrected chi connectivity index (χ3v) is 4.75. The first-order chi connectivity index (χ1) is 13.0. The Kier molecular flexibility index (Phi) is 5.71. The molecule has 2 aromatic carbocycles. The Balaban J connectivity index is 1.79. The van der Waals surface area contributed by atoms with Gasteiger partial charge < -0.3 is 14.5 Å². The monoisotopic (exact) mass is 369 g/mol. The highest BCUT2D eigenvalue weighted by Crippen LogP contribution is 2.24. The van der Waals surface area contributed by atoms with Crippen molar-refractivity contribution in [3.63, 3.8) is 0 Å². The number of aryl methyl sites for hydroxylation is 1. The fraction of sp³-hybridized carbons (Fsp3) is 0.350. The molecule has 0 atom stereocenters. The molecule has 0 unspecified atom stereocenters. The Morgan fingerprint density at radius 2 is 1.93 bits per heavy atom. The van der Waals surface area contributed by atoms with Crippen LogP contribution in [-0.4, -0.2) is 49.1 Å². The average Bonchev–Trinajstić information content (AvgIpc) is 2.68. The molecule has 27 heavy (non-hydrogen) atoms. The van der Waals surface area contributed by atoms with E-state index in [0.717, 1.165) is 24.3 Å². The Hall–Kier alpha value is -2.93. The summed E-state index contributed by atoms with van der Waals surface area (Å²) < 4.78 is 5.42. The number of para-hydroxylation sites is 1. The van der Waals surface area contributed by atoms with E-state index in [1.165, 1.54) is 6.07 Å². The summed E-state index contributed by atoms with van der Waals surface area (Å²) >= 11 is 0. The molecule has 1 fully saturated rings. The van der Waals surface area contributed by atoms with Gasteiger partial charge in [-0.05, 0) is 24.6 Å². The average molecular weight is 369 g/mol. The number of amides is 1. The number of nitro groups is 1. The predicted octanol–water partition coefficient (Wildman–Crippen LogP) is 3.01. The van der Waals surface area contributed by atoms with Crippen molar-refractivity contribution >= 4 is 17.3 Å². The van der Waals surface area contributed by atoms with E-state index in [4.69, 9.17) is 4.74 Å². The van der Waals surface area contributed by atoms with E-state index in [2.05, 4.69) is 11.0 Å². The molecular weight excluding hydrogens is 346 g/mol. The van der Waals surface area contributed by atoms with Gasteiger partial charge >= 0.3 is 0 Å². The quantitative estimate of drug-likeness (QED) is 0.598. The standard InChI is InChI=1S/C20H23N3O4/c1-15-7-8-16(13-19(15)23(25)26)20(24)21(2)14-17-5-3-4-6-18(17)22-9-11-27-12-10-22/h3-8,13H,9-12,14H2,1-2H3. The summed E-state index contributed by atoms with van der Waals surface area (Å²) in [6, 6.07) is 12.6. The van der Waals surface area contributed by atoms with Crippen LogP contribution in [0.3, 0.4) is 0 Å². The van der Waals surface area contributed by atoms with Crippen molar-refractivity contribution in [3.05, 3.63) is 69.3 Å². The summed E-state index contributed by atoms with van der Waals surface area (Å²) in [5, 5.41) is 11.1. The highest BCUT2D eigenvalue weighted by Gasteiger charge is 2.20. The van der Waals surface area contributed by atoms with E-state index >= 15 is 0 Å². The molecule has 1 saturated heterocycles. The first-order valence-electron chi connectivity index (χ1n) is 8.88. The molecule has 3 rings (SSSR count). The first kappa shape index (κ1) is 18.8. The number of carbonyl (C=O) groups is 1. The molecule has 1 heterocycles. The smallest absolute Gasteiger partial charge is 0.273 e. The van der Waals surface area contributed by atoms with Crippen molar-refractivity contribution in [3.8, 4) is 0 Å². The van der Waals surface area contributed by atoms with E-state index in [1.807, 2.05) is 18.2 Å². The molecule has 1 amide bonds. The van der Waals surface area contributed by atoms with Gasteiger partial charge in [-0.2, -0.15) is 0 Å². The lowest BCUT2D eigenvalue weighted by molar-refractivity contribution is -0.385. The van der Waals surface area contributed by atoms with Gasteiger partial charge in [0.05, 0.1) is 18.1 Å². The molecule has 0 N–H and O–H groups in total. The lowest BCUT2D eigenvalue weighted by atomic mass is 10.1. The third kappa shape index (κ3) is 4.25. The van der Waals surface area contributed by atoms with Crippen LogP contribution in [0.4, 0.5) is 11.4 Å². The molecule has 0 bridgehead atoms. The van der Waals surface area contributed by atoms with Crippen LogP contribution in [0.2, 0.25) is 0 Å². The Morgan fingerprint density at radius 1 is 1.22 bits per heavy atom. The number of morpholine rings is 1. The van der Waals surface area contributed by atoms with Gasteiger partial charge in [-0.1, -0.05) is 24.3 Å². The largest absolute Gasteiger partial charge is 0.378 e. The maximum atomic E-state index is 12.8. The molecule has 7 heteroatoms. The van der Waals surface area contributed by atoms with Gasteiger partial charge in [0.1, 0.15) is 0 Å². The van der Waals surface area contributed by atoms with Crippen LogP contribution in [0.1, 0.15) is 21.5 Å². The molecule has 0 aromatic heterocycles. The van der Waals surface area contributed by atoms with Crippen LogP contribution in [0.15, 0.2) is 42.5 Å². The lowest BCUT2D eigenvalue weighted by Crippen LogP contribution is -2.37. The normalized spacial score (nSPS) is 14.1. The Bertz CT molecular complexity index is 847. The van der Waals surface area contributed by atoms with Crippen molar-refractivity contribution in [2.45, 2.75) is 13.5 Å². The van der Waals surface area contributed by atoms with Crippen LogP contribution in [0.5, 0.6) is 0 Å². The second kappa shape index (κ2) is 8.18. The summed E-state index contributed by atoms with van der Waals surface area (Å²) in [5.41, 5.74) is 2.95. The fourth-order valence-electron chi connectivity index (χ4n) is 3.24. The van der Waals surface area contributed by atoms with E-state index < -0.39 is 4.92 Å². The van der Waals surface area contributed by atoms with Gasteiger partial charge in [0, 0.05) is 49.6 Å². The van der Waals surface area contributed by atoms with Crippen molar-refractivity contribution < 1.29 is 14.5 Å². The number of benzene rings is 2. The highest BCUT2D eigenvalue weighted by molar-refractivity contribution is 5.94. The third-order valence-electron chi connectivity index (χ3n) is 4.75. The molecule has 1 aliphatic rings. The molecular formula is C20H23N3O4. The molecule has 0 aliphatic carbocycles. The van der Waals surface area contributed by atoms with Gasteiger partial charge in [0.15, 0.2) is 0 Å². The van der Waals surface area contributed by atoms with Crippen LogP contribution in [0, 0.1) is 17.0 Å². The molecule has 1 aliphatic heterocycles. The minimum absolute atomic E-state index is 0.0389. The molecule has 0 spiro atoms. The number of rotatable bonds is 5. The maximum absolute atomic E-state index is 12.8. The number of hydrogen-bond acceptors (Lipinski definition) is 5. The minimum atomic E-state index is -0.458. The zero-order valence-corrected chi connectivity index (χ0v) is 15.6. The van der Waals surface area contributed by atoms with Crippen molar-refractivity contribution in [2.75, 3.05) is 38.3 Å². The van der Waals surface area contributed by atoms with E-state index in [0.29, 0.717) is 30.9 Å². The Labute approximate surface area is 158 Å². The molecule has 0 radical (unpaired) electrons. The molecule has 0 saturated carbocycles. The zero-order chi connectivity index (χ0) is 19.4. The maximum Gasteiger partial charge on any atom is 0.273 e. The van der Waals surface area contributed by atoms with Crippen LogP contribution in [-0.2, 0) is 11.3 Å². The number of carbonyl (C=O) groups excluding carboxylic acids is 1. The number of nitrogens with zero attached hydrogens (tertiary/aromatic N) is 3. The van der Waals surface area contributed by atoms with E-state index in [1.54, 1.807) is 31.0 Å². The van der Waals surface area contributed by atoms with Crippen molar-refractivity contribution in [1.29, 1.82) is 0 Å².